The van der Waals surface area contributed by atoms with Gasteiger partial charge in [0.1, 0.15) is 0 Å². The molecule has 5 heteroatoms. The lowest BCUT2D eigenvalue weighted by molar-refractivity contribution is 0.156. The molecule has 0 aliphatic heterocycles. The first-order valence-corrected chi connectivity index (χ1v) is 5.16. The average Bonchev–Trinajstić information content (AvgIpc) is 2.25. The van der Waals surface area contributed by atoms with Crippen molar-refractivity contribution in [2.75, 3.05) is 11.9 Å². The van der Waals surface area contributed by atoms with Crippen molar-refractivity contribution >= 4 is 5.82 Å². The van der Waals surface area contributed by atoms with E-state index in [0.29, 0.717) is 12.6 Å². The molecule has 0 atom stereocenters. The molecule has 0 radical (unpaired) electrons. The van der Waals surface area contributed by atoms with Crippen LogP contribution >= 0.6 is 0 Å². The predicted molar refractivity (Wildman–Crippen MR) is 61.9 cm³/mol. The highest BCUT2D eigenvalue weighted by Gasteiger charge is 2.21. The van der Waals surface area contributed by atoms with Crippen molar-refractivity contribution in [3.63, 3.8) is 0 Å². The zero-order valence-corrected chi connectivity index (χ0v) is 9.97. The fraction of sp³-hybridized carbons (Fsp3) is 0.417. The molecule has 92 valence electrons. The van der Waals surface area contributed by atoms with Gasteiger partial charge in [-0.1, -0.05) is 5.92 Å². The minimum absolute atomic E-state index is 0.0586. The lowest BCUT2D eigenvalue weighted by Gasteiger charge is -2.20. The van der Waals surface area contributed by atoms with E-state index >= 15 is 0 Å². The van der Waals surface area contributed by atoms with Crippen molar-refractivity contribution in [1.82, 2.24) is 4.98 Å². The van der Waals surface area contributed by atoms with Gasteiger partial charge in [0.2, 0.25) is 0 Å². The van der Waals surface area contributed by atoms with Crippen molar-refractivity contribution in [2.45, 2.75) is 26.4 Å². The molecule has 0 saturated heterocycles. The van der Waals surface area contributed by atoms with Crippen molar-refractivity contribution in [2.24, 2.45) is 0 Å². The van der Waals surface area contributed by atoms with Crippen LogP contribution in [0.15, 0.2) is 6.07 Å². The summed E-state index contributed by atoms with van der Waals surface area (Å²) in [6.07, 6.45) is 5.22. The Morgan fingerprint density at radius 1 is 1.47 bits per heavy atom. The van der Waals surface area contributed by atoms with E-state index in [1.807, 2.05) is 0 Å². The summed E-state index contributed by atoms with van der Waals surface area (Å²) < 4.78 is 31.9. The second-order valence-corrected chi connectivity index (χ2v) is 3.89. The fourth-order valence-electron chi connectivity index (χ4n) is 1.08. The molecule has 1 rings (SSSR count). The lowest BCUT2D eigenvalue weighted by Crippen LogP contribution is -2.26. The molecule has 0 aliphatic rings. The number of terminal acetylenes is 1. The molecule has 0 fully saturated rings. The minimum atomic E-state index is -1.00. The third-order valence-corrected chi connectivity index (χ3v) is 1.94. The standard InChI is InChI=1S/C12H14F2N2O/c1-5-12(3,4)17-11-9(14)7-8(13)10(16-11)15-6-2/h1,7H,6H2,2-4H3,(H,15,16). The Hall–Kier alpha value is -1.83. The Bertz CT molecular complexity index is 453. The number of nitrogens with zero attached hydrogens (tertiary/aromatic N) is 1. The highest BCUT2D eigenvalue weighted by molar-refractivity contribution is 5.39. The first-order chi connectivity index (χ1) is 7.89. The first kappa shape index (κ1) is 13.2. The highest BCUT2D eigenvalue weighted by Crippen LogP contribution is 2.24. The van der Waals surface area contributed by atoms with Crippen molar-refractivity contribution in [1.29, 1.82) is 0 Å². The smallest absolute Gasteiger partial charge is 0.254 e. The molecule has 1 N–H and O–H groups in total. The number of pyridine rings is 1. The summed E-state index contributed by atoms with van der Waals surface area (Å²) in [5.74, 6) is 0.317. The highest BCUT2D eigenvalue weighted by atomic mass is 19.1. The summed E-state index contributed by atoms with van der Waals surface area (Å²) in [6, 6.07) is 0.715. The number of ether oxygens (including phenoxy) is 1. The van der Waals surface area contributed by atoms with Crippen LogP contribution < -0.4 is 10.1 Å². The summed E-state index contributed by atoms with van der Waals surface area (Å²) in [5, 5.41) is 2.66. The van der Waals surface area contributed by atoms with Crippen LogP contribution in [-0.4, -0.2) is 17.1 Å². The Morgan fingerprint density at radius 3 is 2.65 bits per heavy atom. The maximum atomic E-state index is 13.4. The number of nitrogens with one attached hydrogen (secondary N) is 1. The Kier molecular flexibility index (Phi) is 3.89. The molecule has 0 aromatic carbocycles. The van der Waals surface area contributed by atoms with Gasteiger partial charge in [-0.15, -0.1) is 6.42 Å². The number of anilines is 1. The van der Waals surface area contributed by atoms with Crippen molar-refractivity contribution < 1.29 is 13.5 Å². The van der Waals surface area contributed by atoms with Crippen LogP contribution in [0.3, 0.4) is 0 Å². The molecule has 0 spiro atoms. The van der Waals surface area contributed by atoms with Gasteiger partial charge in [0.05, 0.1) is 0 Å². The normalized spacial score (nSPS) is 10.8. The van der Waals surface area contributed by atoms with E-state index < -0.39 is 17.2 Å². The van der Waals surface area contributed by atoms with Crippen LogP contribution in [0.5, 0.6) is 5.88 Å². The molecule has 1 aromatic rings. The lowest BCUT2D eigenvalue weighted by atomic mass is 10.1. The topological polar surface area (TPSA) is 34.1 Å². The first-order valence-electron chi connectivity index (χ1n) is 5.16. The van der Waals surface area contributed by atoms with Gasteiger partial charge in [0.15, 0.2) is 23.1 Å². The molecule has 0 aliphatic carbocycles. The Balaban J connectivity index is 3.08. The molecule has 17 heavy (non-hydrogen) atoms. The molecule has 1 heterocycles. The van der Waals surface area contributed by atoms with E-state index in [1.165, 1.54) is 0 Å². The Labute approximate surface area is 99.2 Å². The maximum Gasteiger partial charge on any atom is 0.254 e. The molecule has 0 unspecified atom stereocenters. The number of rotatable bonds is 4. The average molecular weight is 240 g/mol. The molecule has 0 bridgehead atoms. The molecular formula is C12H14F2N2O. The third kappa shape index (κ3) is 3.31. The van der Waals surface area contributed by atoms with Crippen LogP contribution in [0.4, 0.5) is 14.6 Å². The molecule has 1 aromatic heterocycles. The van der Waals surface area contributed by atoms with E-state index in [-0.39, 0.29) is 11.7 Å². The van der Waals surface area contributed by atoms with E-state index in [2.05, 4.69) is 16.2 Å². The minimum Gasteiger partial charge on any atom is -0.456 e. The van der Waals surface area contributed by atoms with E-state index in [4.69, 9.17) is 11.2 Å². The van der Waals surface area contributed by atoms with Crippen LogP contribution in [0.1, 0.15) is 20.8 Å². The Morgan fingerprint density at radius 2 is 2.12 bits per heavy atom. The van der Waals surface area contributed by atoms with Gasteiger partial charge >= 0.3 is 0 Å². The summed E-state index contributed by atoms with van der Waals surface area (Å²) in [7, 11) is 0. The zero-order chi connectivity index (χ0) is 13.1. The van der Waals surface area contributed by atoms with E-state index in [1.54, 1.807) is 20.8 Å². The second-order valence-electron chi connectivity index (χ2n) is 3.89. The van der Waals surface area contributed by atoms with E-state index in [9.17, 15) is 8.78 Å². The number of halogens is 2. The molecule has 0 amide bonds. The monoisotopic (exact) mass is 240 g/mol. The third-order valence-electron chi connectivity index (χ3n) is 1.94. The molecule has 0 saturated carbocycles. The van der Waals surface area contributed by atoms with Crippen LogP contribution in [0.2, 0.25) is 0 Å². The number of hydrogen-bond acceptors (Lipinski definition) is 3. The summed E-state index contributed by atoms with van der Waals surface area (Å²) in [6.45, 7) is 5.42. The van der Waals surface area contributed by atoms with E-state index in [0.717, 1.165) is 0 Å². The quantitative estimate of drug-likeness (QED) is 0.821. The number of hydrogen-bond donors (Lipinski definition) is 1. The second kappa shape index (κ2) is 5.00. The van der Waals surface area contributed by atoms with Crippen LogP contribution in [-0.2, 0) is 0 Å². The molecule has 3 nitrogen and oxygen atoms in total. The predicted octanol–water partition coefficient (Wildman–Crippen LogP) is 2.58. The largest absolute Gasteiger partial charge is 0.456 e. The van der Waals surface area contributed by atoms with Gasteiger partial charge < -0.3 is 10.1 Å². The van der Waals surface area contributed by atoms with Gasteiger partial charge in [0.25, 0.3) is 5.88 Å². The zero-order valence-electron chi connectivity index (χ0n) is 9.97. The summed E-state index contributed by atoms with van der Waals surface area (Å²) >= 11 is 0. The van der Waals surface area contributed by atoms with Gasteiger partial charge in [-0.2, -0.15) is 4.98 Å². The fourth-order valence-corrected chi connectivity index (χ4v) is 1.08. The molecular weight excluding hydrogens is 226 g/mol. The van der Waals surface area contributed by atoms with Crippen LogP contribution in [0, 0.1) is 24.0 Å². The maximum absolute atomic E-state index is 13.4. The van der Waals surface area contributed by atoms with Gasteiger partial charge in [-0.05, 0) is 20.8 Å². The van der Waals surface area contributed by atoms with Gasteiger partial charge in [0, 0.05) is 12.6 Å². The summed E-state index contributed by atoms with van der Waals surface area (Å²) in [5.41, 5.74) is -1.00. The van der Waals surface area contributed by atoms with Gasteiger partial charge in [-0.25, -0.2) is 8.78 Å². The van der Waals surface area contributed by atoms with Crippen molar-refractivity contribution in [3.05, 3.63) is 17.7 Å². The van der Waals surface area contributed by atoms with Crippen LogP contribution in [0.25, 0.3) is 0 Å². The van der Waals surface area contributed by atoms with Crippen molar-refractivity contribution in [3.8, 4) is 18.2 Å². The SMILES string of the molecule is C#CC(C)(C)Oc1nc(NCC)c(F)cc1F. The summed E-state index contributed by atoms with van der Waals surface area (Å²) in [4.78, 5) is 3.72. The van der Waals surface area contributed by atoms with Gasteiger partial charge in [-0.3, -0.25) is 0 Å². The number of aromatic nitrogens is 1.